The quantitative estimate of drug-likeness (QED) is 0.877. The van der Waals surface area contributed by atoms with Gasteiger partial charge in [0.1, 0.15) is 0 Å². The summed E-state index contributed by atoms with van der Waals surface area (Å²) in [5.74, 6) is 0. The van der Waals surface area contributed by atoms with Gasteiger partial charge in [0.15, 0.2) is 0 Å². The molecule has 0 aliphatic heterocycles. The van der Waals surface area contributed by atoms with Gasteiger partial charge in [-0.2, -0.15) is 0 Å². The smallest absolute Gasteiger partial charge is 0.241 e. The van der Waals surface area contributed by atoms with E-state index in [1.807, 2.05) is 6.92 Å². The molecular weight excluding hydrogens is 338 g/mol. The van der Waals surface area contributed by atoms with Crippen LogP contribution in [0.1, 0.15) is 12.5 Å². The predicted molar refractivity (Wildman–Crippen MR) is 77.6 cm³/mol. The van der Waals surface area contributed by atoms with Crippen LogP contribution >= 0.6 is 15.9 Å². The van der Waals surface area contributed by atoms with Gasteiger partial charge in [-0.05, 0) is 47.5 Å². The molecule has 18 heavy (non-hydrogen) atoms. The molecule has 1 N–H and O–H groups in total. The number of halogens is 1. The van der Waals surface area contributed by atoms with Crippen molar-refractivity contribution in [2.24, 2.45) is 0 Å². The van der Waals surface area contributed by atoms with Crippen molar-refractivity contribution < 1.29 is 12.6 Å². The SMILES string of the molecule is Cc1ccc(S(=O)(=O)NCC(C)S(C)=O)c(Br)c1. The number of benzene rings is 1. The maximum Gasteiger partial charge on any atom is 0.241 e. The second-order valence-electron chi connectivity index (χ2n) is 4.09. The molecule has 0 radical (unpaired) electrons. The molecular formula is C11H16BrNO3S2. The number of aryl methyl sites for hydroxylation is 1. The lowest BCUT2D eigenvalue weighted by Crippen LogP contribution is -2.32. The second-order valence-corrected chi connectivity index (χ2v) is 8.49. The fourth-order valence-electron chi connectivity index (χ4n) is 1.25. The van der Waals surface area contributed by atoms with Crippen LogP contribution in [0, 0.1) is 6.92 Å². The zero-order valence-corrected chi connectivity index (χ0v) is 13.7. The van der Waals surface area contributed by atoms with Gasteiger partial charge in [-0.15, -0.1) is 0 Å². The lowest BCUT2D eigenvalue weighted by molar-refractivity contribution is 0.580. The molecule has 0 aromatic heterocycles. The van der Waals surface area contributed by atoms with Crippen LogP contribution in [0.5, 0.6) is 0 Å². The van der Waals surface area contributed by atoms with Crippen molar-refractivity contribution in [3.63, 3.8) is 0 Å². The Bertz CT molecular complexity index is 557. The molecule has 2 atom stereocenters. The summed E-state index contributed by atoms with van der Waals surface area (Å²) in [7, 11) is -4.62. The molecule has 0 amide bonds. The van der Waals surface area contributed by atoms with Gasteiger partial charge in [0.25, 0.3) is 0 Å². The topological polar surface area (TPSA) is 63.2 Å². The molecule has 1 aromatic carbocycles. The van der Waals surface area contributed by atoms with Crippen molar-refractivity contribution in [1.29, 1.82) is 0 Å². The standard InChI is InChI=1S/C11H16BrNO3S2/c1-8-4-5-11(10(12)6-8)18(15,16)13-7-9(2)17(3)14/h4-6,9,13H,7H2,1-3H3. The van der Waals surface area contributed by atoms with Gasteiger partial charge in [-0.25, -0.2) is 13.1 Å². The van der Waals surface area contributed by atoms with Crippen LogP contribution in [-0.2, 0) is 20.8 Å². The maximum atomic E-state index is 12.1. The van der Waals surface area contributed by atoms with E-state index in [2.05, 4.69) is 20.7 Å². The summed E-state index contributed by atoms with van der Waals surface area (Å²) in [6.07, 6.45) is 1.56. The van der Waals surface area contributed by atoms with Crippen molar-refractivity contribution in [2.45, 2.75) is 24.0 Å². The zero-order chi connectivity index (χ0) is 13.9. The Labute approximate surface area is 119 Å². The zero-order valence-electron chi connectivity index (χ0n) is 10.4. The van der Waals surface area contributed by atoms with Crippen LogP contribution in [0.3, 0.4) is 0 Å². The Balaban J connectivity index is 2.90. The highest BCUT2D eigenvalue weighted by molar-refractivity contribution is 9.10. The molecule has 0 saturated carbocycles. The van der Waals surface area contributed by atoms with Crippen molar-refractivity contribution in [3.8, 4) is 0 Å². The lowest BCUT2D eigenvalue weighted by atomic mass is 10.2. The molecule has 0 aliphatic carbocycles. The predicted octanol–water partition coefficient (Wildman–Crippen LogP) is 1.80. The van der Waals surface area contributed by atoms with Crippen molar-refractivity contribution in [2.75, 3.05) is 12.8 Å². The van der Waals surface area contributed by atoms with Crippen LogP contribution in [-0.4, -0.2) is 30.7 Å². The number of sulfonamides is 1. The van der Waals surface area contributed by atoms with Crippen molar-refractivity contribution >= 4 is 36.8 Å². The fraction of sp³-hybridized carbons (Fsp3) is 0.455. The van der Waals surface area contributed by atoms with Crippen LogP contribution in [0.15, 0.2) is 27.6 Å². The average molecular weight is 354 g/mol. The third-order valence-corrected chi connectivity index (χ3v) is 6.20. The molecule has 4 nitrogen and oxygen atoms in total. The Morgan fingerprint density at radius 2 is 2.06 bits per heavy atom. The third-order valence-electron chi connectivity index (χ3n) is 2.50. The summed E-state index contributed by atoms with van der Waals surface area (Å²) < 4.78 is 38.3. The molecule has 1 aromatic rings. The van der Waals surface area contributed by atoms with E-state index >= 15 is 0 Å². The molecule has 0 bridgehead atoms. The summed E-state index contributed by atoms with van der Waals surface area (Å²) in [4.78, 5) is 0.196. The second kappa shape index (κ2) is 6.27. The molecule has 0 heterocycles. The van der Waals surface area contributed by atoms with Crippen LogP contribution in [0.4, 0.5) is 0 Å². The van der Waals surface area contributed by atoms with Gasteiger partial charge < -0.3 is 0 Å². The summed E-state index contributed by atoms with van der Waals surface area (Å²) in [6.45, 7) is 3.78. The Kier molecular flexibility index (Phi) is 5.51. The van der Waals surface area contributed by atoms with Crippen molar-refractivity contribution in [1.82, 2.24) is 4.72 Å². The van der Waals surface area contributed by atoms with E-state index in [4.69, 9.17) is 0 Å². The van der Waals surface area contributed by atoms with Crippen LogP contribution in [0.2, 0.25) is 0 Å². The van der Waals surface area contributed by atoms with E-state index in [1.165, 1.54) is 0 Å². The fourth-order valence-corrected chi connectivity index (χ4v) is 3.99. The van der Waals surface area contributed by atoms with Crippen LogP contribution in [0.25, 0.3) is 0 Å². The van der Waals surface area contributed by atoms with E-state index in [1.54, 1.807) is 31.4 Å². The minimum atomic E-state index is -3.57. The van der Waals surface area contributed by atoms with E-state index in [9.17, 15) is 12.6 Å². The Morgan fingerprint density at radius 1 is 1.44 bits per heavy atom. The highest BCUT2D eigenvalue weighted by Crippen LogP contribution is 2.22. The number of hydrogen-bond acceptors (Lipinski definition) is 3. The molecule has 0 spiro atoms. The normalized spacial score (nSPS) is 15.3. The highest BCUT2D eigenvalue weighted by atomic mass is 79.9. The van der Waals surface area contributed by atoms with E-state index in [-0.39, 0.29) is 16.7 Å². The maximum absolute atomic E-state index is 12.1. The molecule has 0 fully saturated rings. The van der Waals surface area contributed by atoms with Crippen molar-refractivity contribution in [3.05, 3.63) is 28.2 Å². The Morgan fingerprint density at radius 3 is 2.56 bits per heavy atom. The molecule has 7 heteroatoms. The van der Waals surface area contributed by atoms with Gasteiger partial charge in [0.05, 0.1) is 4.90 Å². The lowest BCUT2D eigenvalue weighted by Gasteiger charge is -2.12. The molecule has 1 rings (SSSR count). The first-order valence-electron chi connectivity index (χ1n) is 5.32. The highest BCUT2D eigenvalue weighted by Gasteiger charge is 2.19. The Hall–Kier alpha value is -0.240. The van der Waals surface area contributed by atoms with Gasteiger partial charge in [0.2, 0.25) is 10.0 Å². The number of rotatable bonds is 5. The van der Waals surface area contributed by atoms with Gasteiger partial charge in [-0.3, -0.25) is 4.21 Å². The third kappa shape index (κ3) is 4.15. The van der Waals surface area contributed by atoms with Gasteiger partial charge in [0, 0.05) is 33.3 Å². The first kappa shape index (κ1) is 15.8. The molecule has 102 valence electrons. The first-order valence-corrected chi connectivity index (χ1v) is 9.22. The largest absolute Gasteiger partial charge is 0.260 e. The number of hydrogen-bond donors (Lipinski definition) is 1. The van der Waals surface area contributed by atoms with E-state index in [0.717, 1.165) is 5.56 Å². The molecule has 0 saturated heterocycles. The van der Waals surface area contributed by atoms with Crippen LogP contribution < -0.4 is 4.72 Å². The summed E-state index contributed by atoms with van der Waals surface area (Å²) in [5, 5.41) is -0.219. The van der Waals surface area contributed by atoms with Gasteiger partial charge >= 0.3 is 0 Å². The van der Waals surface area contributed by atoms with E-state index < -0.39 is 20.8 Å². The van der Waals surface area contributed by atoms with Gasteiger partial charge in [-0.1, -0.05) is 6.07 Å². The average Bonchev–Trinajstić information content (AvgIpc) is 2.25. The number of nitrogens with one attached hydrogen (secondary N) is 1. The van der Waals surface area contributed by atoms with E-state index in [0.29, 0.717) is 4.47 Å². The molecule has 2 unspecified atom stereocenters. The molecule has 0 aliphatic rings. The summed E-state index contributed by atoms with van der Waals surface area (Å²) in [6, 6.07) is 5.03. The first-order chi connectivity index (χ1) is 8.24. The summed E-state index contributed by atoms with van der Waals surface area (Å²) in [5.41, 5.74) is 0.976. The minimum absolute atomic E-state index is 0.158. The minimum Gasteiger partial charge on any atom is -0.260 e. The monoisotopic (exact) mass is 353 g/mol. The summed E-state index contributed by atoms with van der Waals surface area (Å²) >= 11 is 3.24.